The molecular weight excluding hydrogens is 290 g/mol. The van der Waals surface area contributed by atoms with Gasteiger partial charge in [-0.1, -0.05) is 0 Å². The summed E-state index contributed by atoms with van der Waals surface area (Å²) in [5.74, 6) is -0.971. The lowest BCUT2D eigenvalue weighted by molar-refractivity contribution is -0.384. The lowest BCUT2D eigenvalue weighted by Gasteiger charge is -2.29. The Morgan fingerprint density at radius 2 is 1.82 bits per heavy atom. The molecule has 0 aromatic heterocycles. The molecule has 2 amide bonds. The van der Waals surface area contributed by atoms with Crippen molar-refractivity contribution in [3.8, 4) is 0 Å². The third-order valence-corrected chi connectivity index (χ3v) is 3.40. The number of carbonyl (C=O) groups excluding carboxylic acids is 2. The number of imide groups is 1. The van der Waals surface area contributed by atoms with Gasteiger partial charge < -0.3 is 9.64 Å². The van der Waals surface area contributed by atoms with E-state index in [1.165, 1.54) is 19.9 Å². The Morgan fingerprint density at radius 3 is 2.32 bits per heavy atom. The molecule has 1 aliphatic rings. The lowest BCUT2D eigenvalue weighted by Crippen LogP contribution is -2.37. The van der Waals surface area contributed by atoms with Crippen molar-refractivity contribution in [1.82, 2.24) is 0 Å². The molecule has 1 saturated heterocycles. The average Bonchev–Trinajstić information content (AvgIpc) is 2.47. The van der Waals surface area contributed by atoms with Crippen LogP contribution in [-0.4, -0.2) is 43.0 Å². The Bertz CT molecular complexity index is 596. The van der Waals surface area contributed by atoms with Gasteiger partial charge in [-0.2, -0.15) is 0 Å². The topological polar surface area (TPSA) is 93.0 Å². The molecular formula is C14H17N3O5. The summed E-state index contributed by atoms with van der Waals surface area (Å²) in [6, 6.07) is 4.37. The molecule has 0 bridgehead atoms. The van der Waals surface area contributed by atoms with Crippen LogP contribution in [0.5, 0.6) is 0 Å². The zero-order chi connectivity index (χ0) is 16.3. The van der Waals surface area contributed by atoms with Crippen LogP contribution in [-0.2, 0) is 14.3 Å². The average molecular weight is 307 g/mol. The Morgan fingerprint density at radius 1 is 1.23 bits per heavy atom. The van der Waals surface area contributed by atoms with Crippen molar-refractivity contribution in [2.75, 3.05) is 36.1 Å². The minimum Gasteiger partial charge on any atom is -0.378 e. The van der Waals surface area contributed by atoms with Crippen molar-refractivity contribution in [2.24, 2.45) is 0 Å². The van der Waals surface area contributed by atoms with E-state index in [0.29, 0.717) is 32.0 Å². The number of amides is 2. The molecule has 2 rings (SSSR count). The van der Waals surface area contributed by atoms with Crippen molar-refractivity contribution in [3.63, 3.8) is 0 Å². The molecule has 1 aliphatic heterocycles. The lowest BCUT2D eigenvalue weighted by atomic mass is 10.2. The standard InChI is InChI=1S/C14H17N3O5/c1-10(18)16(11(2)19)12-3-4-13(14(9-12)17(20)21)15-5-7-22-8-6-15/h3-4,9H,5-8H2,1-2H3. The van der Waals surface area contributed by atoms with Gasteiger partial charge in [0.05, 0.1) is 23.8 Å². The third kappa shape index (κ3) is 3.22. The maximum atomic E-state index is 11.6. The first-order chi connectivity index (χ1) is 10.4. The summed E-state index contributed by atoms with van der Waals surface area (Å²) in [7, 11) is 0. The van der Waals surface area contributed by atoms with Gasteiger partial charge >= 0.3 is 0 Å². The number of hydrogen-bond donors (Lipinski definition) is 0. The van der Waals surface area contributed by atoms with Crippen molar-refractivity contribution >= 4 is 28.9 Å². The van der Waals surface area contributed by atoms with E-state index in [-0.39, 0.29) is 11.4 Å². The molecule has 1 aromatic carbocycles. The number of carbonyl (C=O) groups is 2. The normalized spacial score (nSPS) is 14.5. The summed E-state index contributed by atoms with van der Waals surface area (Å²) in [4.78, 5) is 36.7. The Labute approximate surface area is 127 Å². The Hall–Kier alpha value is -2.48. The molecule has 0 spiro atoms. The molecule has 0 saturated carbocycles. The van der Waals surface area contributed by atoms with Crippen LogP contribution in [0.25, 0.3) is 0 Å². The van der Waals surface area contributed by atoms with E-state index in [4.69, 9.17) is 4.74 Å². The molecule has 8 nitrogen and oxygen atoms in total. The van der Waals surface area contributed by atoms with Crippen LogP contribution in [0, 0.1) is 10.1 Å². The van der Waals surface area contributed by atoms with Gasteiger partial charge in [0.25, 0.3) is 5.69 Å². The summed E-state index contributed by atoms with van der Waals surface area (Å²) in [6.07, 6.45) is 0. The number of benzene rings is 1. The minimum atomic E-state index is -0.507. The van der Waals surface area contributed by atoms with E-state index < -0.39 is 16.7 Å². The predicted octanol–water partition coefficient (Wildman–Crippen LogP) is 1.33. The maximum Gasteiger partial charge on any atom is 0.294 e. The summed E-state index contributed by atoms with van der Waals surface area (Å²) >= 11 is 0. The van der Waals surface area contributed by atoms with Gasteiger partial charge in [-0.3, -0.25) is 24.6 Å². The zero-order valence-electron chi connectivity index (χ0n) is 12.4. The number of nitro groups is 1. The van der Waals surface area contributed by atoms with Crippen molar-refractivity contribution < 1.29 is 19.2 Å². The van der Waals surface area contributed by atoms with Crippen LogP contribution >= 0.6 is 0 Å². The molecule has 0 aliphatic carbocycles. The van der Waals surface area contributed by atoms with E-state index in [2.05, 4.69) is 0 Å². The minimum absolute atomic E-state index is 0.132. The molecule has 0 N–H and O–H groups in total. The van der Waals surface area contributed by atoms with Crippen LogP contribution in [0.1, 0.15) is 13.8 Å². The highest BCUT2D eigenvalue weighted by Crippen LogP contribution is 2.33. The van der Waals surface area contributed by atoms with E-state index in [0.717, 1.165) is 4.90 Å². The number of morpholine rings is 1. The van der Waals surface area contributed by atoms with Crippen molar-refractivity contribution in [3.05, 3.63) is 28.3 Å². The quantitative estimate of drug-likeness (QED) is 0.618. The molecule has 8 heteroatoms. The van der Waals surface area contributed by atoms with Crippen LogP contribution < -0.4 is 9.80 Å². The summed E-state index contributed by atoms with van der Waals surface area (Å²) in [6.45, 7) is 4.61. The second-order valence-electron chi connectivity index (χ2n) is 4.90. The molecule has 1 fully saturated rings. The third-order valence-electron chi connectivity index (χ3n) is 3.40. The van der Waals surface area contributed by atoms with Gasteiger partial charge in [0.2, 0.25) is 11.8 Å². The second-order valence-corrected chi connectivity index (χ2v) is 4.90. The van der Waals surface area contributed by atoms with E-state index >= 15 is 0 Å². The highest BCUT2D eigenvalue weighted by Gasteiger charge is 2.25. The number of rotatable bonds is 3. The summed E-state index contributed by atoms with van der Waals surface area (Å²) < 4.78 is 5.24. The van der Waals surface area contributed by atoms with Crippen LogP contribution in [0.3, 0.4) is 0 Å². The highest BCUT2D eigenvalue weighted by molar-refractivity contribution is 6.13. The first-order valence-corrected chi connectivity index (χ1v) is 6.84. The van der Waals surface area contributed by atoms with Crippen LogP contribution in [0.15, 0.2) is 18.2 Å². The molecule has 0 unspecified atom stereocenters. The first kappa shape index (κ1) is 15.9. The maximum absolute atomic E-state index is 11.6. The predicted molar refractivity (Wildman–Crippen MR) is 80.0 cm³/mol. The molecule has 1 aromatic rings. The molecule has 0 atom stereocenters. The largest absolute Gasteiger partial charge is 0.378 e. The highest BCUT2D eigenvalue weighted by atomic mass is 16.6. The van der Waals surface area contributed by atoms with Gasteiger partial charge in [-0.25, -0.2) is 0 Å². The Kier molecular flexibility index (Phi) is 4.71. The van der Waals surface area contributed by atoms with Gasteiger partial charge in [0.1, 0.15) is 5.69 Å². The Balaban J connectivity index is 2.44. The number of ether oxygens (including phenoxy) is 1. The molecule has 22 heavy (non-hydrogen) atoms. The number of anilines is 2. The summed E-state index contributed by atoms with van der Waals surface area (Å²) in [5, 5.41) is 11.3. The first-order valence-electron chi connectivity index (χ1n) is 6.84. The van der Waals surface area contributed by atoms with Gasteiger partial charge in [-0.15, -0.1) is 0 Å². The zero-order valence-corrected chi connectivity index (χ0v) is 12.4. The van der Waals surface area contributed by atoms with E-state index in [9.17, 15) is 19.7 Å². The fourth-order valence-corrected chi connectivity index (χ4v) is 2.45. The van der Waals surface area contributed by atoms with Crippen molar-refractivity contribution in [1.29, 1.82) is 0 Å². The fourth-order valence-electron chi connectivity index (χ4n) is 2.45. The number of nitrogens with zero attached hydrogens (tertiary/aromatic N) is 3. The monoisotopic (exact) mass is 307 g/mol. The smallest absolute Gasteiger partial charge is 0.294 e. The number of hydrogen-bond acceptors (Lipinski definition) is 6. The second kappa shape index (κ2) is 6.52. The molecule has 0 radical (unpaired) electrons. The van der Waals surface area contributed by atoms with Gasteiger partial charge in [0.15, 0.2) is 0 Å². The fraction of sp³-hybridized carbons (Fsp3) is 0.429. The van der Waals surface area contributed by atoms with Crippen LogP contribution in [0.2, 0.25) is 0 Å². The van der Waals surface area contributed by atoms with Crippen molar-refractivity contribution in [2.45, 2.75) is 13.8 Å². The number of nitro benzene ring substituents is 1. The summed E-state index contributed by atoms with van der Waals surface area (Å²) in [5.41, 5.74) is 0.528. The van der Waals surface area contributed by atoms with Gasteiger partial charge in [-0.05, 0) is 12.1 Å². The van der Waals surface area contributed by atoms with E-state index in [1.807, 2.05) is 4.90 Å². The molecule has 1 heterocycles. The molecule has 118 valence electrons. The SMILES string of the molecule is CC(=O)N(C(C)=O)c1ccc(N2CCOCC2)c([N+](=O)[O-])c1. The van der Waals surface area contributed by atoms with E-state index in [1.54, 1.807) is 12.1 Å². The van der Waals surface area contributed by atoms with Gasteiger partial charge in [0, 0.05) is 33.0 Å². The van der Waals surface area contributed by atoms with Crippen LogP contribution in [0.4, 0.5) is 17.1 Å².